The summed E-state index contributed by atoms with van der Waals surface area (Å²) in [6.07, 6.45) is 4.10. The van der Waals surface area contributed by atoms with E-state index in [2.05, 4.69) is 11.8 Å². The lowest BCUT2D eigenvalue weighted by atomic mass is 9.98. The summed E-state index contributed by atoms with van der Waals surface area (Å²) in [5.74, 6) is 1.64. The van der Waals surface area contributed by atoms with Gasteiger partial charge in [0.2, 0.25) is 5.78 Å². The van der Waals surface area contributed by atoms with Crippen LogP contribution in [-0.4, -0.2) is 28.9 Å². The molecule has 1 N–H and O–H groups in total. The number of benzene rings is 2. The number of ketones is 1. The van der Waals surface area contributed by atoms with Crippen molar-refractivity contribution in [1.82, 2.24) is 4.90 Å². The molecule has 0 saturated carbocycles. The topological polar surface area (TPSA) is 49.8 Å². The Labute approximate surface area is 160 Å². The van der Waals surface area contributed by atoms with Crippen LogP contribution in [-0.2, 0) is 6.54 Å². The Morgan fingerprint density at radius 3 is 2.74 bits per heavy atom. The largest absolute Gasteiger partial charge is 0.507 e. The smallest absolute Gasteiger partial charge is 0.231 e. The van der Waals surface area contributed by atoms with Crippen LogP contribution in [0, 0.1) is 12.8 Å². The summed E-state index contributed by atoms with van der Waals surface area (Å²) in [6.45, 7) is 6.91. The third kappa shape index (κ3) is 3.62. The van der Waals surface area contributed by atoms with E-state index in [9.17, 15) is 9.90 Å². The number of rotatable bonds is 3. The lowest BCUT2D eigenvalue weighted by Crippen LogP contribution is -2.32. The number of hydrogen-bond donors (Lipinski definition) is 1. The second-order valence-electron chi connectivity index (χ2n) is 7.75. The van der Waals surface area contributed by atoms with Crippen molar-refractivity contribution in [3.05, 3.63) is 64.4 Å². The van der Waals surface area contributed by atoms with Crippen LogP contribution in [0.1, 0.15) is 46.8 Å². The van der Waals surface area contributed by atoms with Crippen molar-refractivity contribution in [3.63, 3.8) is 0 Å². The Morgan fingerprint density at radius 1 is 1.22 bits per heavy atom. The van der Waals surface area contributed by atoms with E-state index in [1.54, 1.807) is 18.2 Å². The number of hydrogen-bond acceptors (Lipinski definition) is 4. The van der Waals surface area contributed by atoms with Gasteiger partial charge in [-0.05, 0) is 62.5 Å². The van der Waals surface area contributed by atoms with Crippen LogP contribution in [0.25, 0.3) is 6.08 Å². The molecule has 0 radical (unpaired) electrons. The number of likely N-dealkylation sites (tertiary alicyclic amines) is 1. The molecule has 4 nitrogen and oxygen atoms in total. The van der Waals surface area contributed by atoms with Crippen molar-refractivity contribution in [2.24, 2.45) is 5.92 Å². The first-order chi connectivity index (χ1) is 13.0. The highest BCUT2D eigenvalue weighted by Crippen LogP contribution is 2.40. The van der Waals surface area contributed by atoms with E-state index in [0.29, 0.717) is 29.2 Å². The van der Waals surface area contributed by atoms with Gasteiger partial charge in [-0.25, -0.2) is 0 Å². The summed E-state index contributed by atoms with van der Waals surface area (Å²) in [5.41, 5.74) is 3.31. The van der Waals surface area contributed by atoms with Gasteiger partial charge in [0.05, 0.1) is 11.1 Å². The third-order valence-corrected chi connectivity index (χ3v) is 5.51. The summed E-state index contributed by atoms with van der Waals surface area (Å²) in [6, 6.07) is 11.2. The van der Waals surface area contributed by atoms with Crippen LogP contribution in [0.15, 0.2) is 42.2 Å². The van der Waals surface area contributed by atoms with Crippen molar-refractivity contribution < 1.29 is 14.6 Å². The zero-order chi connectivity index (χ0) is 19.0. The van der Waals surface area contributed by atoms with Gasteiger partial charge in [-0.2, -0.15) is 0 Å². The zero-order valence-corrected chi connectivity index (χ0v) is 15.9. The molecule has 1 fully saturated rings. The lowest BCUT2D eigenvalue weighted by molar-refractivity contribution is 0.101. The van der Waals surface area contributed by atoms with Gasteiger partial charge in [0.25, 0.3) is 0 Å². The number of allylic oxidation sites excluding steroid dienone is 1. The molecular weight excluding hydrogens is 338 g/mol. The van der Waals surface area contributed by atoms with Crippen molar-refractivity contribution in [1.29, 1.82) is 0 Å². The number of aryl methyl sites for hydroxylation is 1. The van der Waals surface area contributed by atoms with Gasteiger partial charge in [-0.15, -0.1) is 0 Å². The minimum atomic E-state index is -0.125. The van der Waals surface area contributed by atoms with Crippen molar-refractivity contribution in [2.75, 3.05) is 13.1 Å². The van der Waals surface area contributed by atoms with Crippen molar-refractivity contribution >= 4 is 11.9 Å². The van der Waals surface area contributed by atoms with Gasteiger partial charge in [-0.3, -0.25) is 9.69 Å². The molecule has 0 spiro atoms. The first-order valence-corrected chi connectivity index (χ1v) is 9.59. The first-order valence-electron chi connectivity index (χ1n) is 9.59. The summed E-state index contributed by atoms with van der Waals surface area (Å²) in [5, 5.41) is 10.4. The molecule has 0 aromatic heterocycles. The average Bonchev–Trinajstić information content (AvgIpc) is 2.95. The zero-order valence-electron chi connectivity index (χ0n) is 15.9. The number of Topliss-reactive ketones (excluding diaryl/α,β-unsaturated/α-hetero) is 1. The van der Waals surface area contributed by atoms with Crippen LogP contribution in [0.5, 0.6) is 11.5 Å². The molecule has 1 saturated heterocycles. The number of phenols is 1. The fourth-order valence-electron chi connectivity index (χ4n) is 3.80. The molecule has 2 aliphatic rings. The molecule has 2 aliphatic heterocycles. The highest BCUT2D eigenvalue weighted by molar-refractivity contribution is 6.15. The molecule has 2 aromatic carbocycles. The molecule has 0 amide bonds. The summed E-state index contributed by atoms with van der Waals surface area (Å²) >= 11 is 0. The summed E-state index contributed by atoms with van der Waals surface area (Å²) in [7, 11) is 0. The first kappa shape index (κ1) is 17.8. The van der Waals surface area contributed by atoms with Gasteiger partial charge in [-0.1, -0.05) is 36.8 Å². The molecule has 140 valence electrons. The van der Waals surface area contributed by atoms with Gasteiger partial charge >= 0.3 is 0 Å². The minimum absolute atomic E-state index is 0.125. The predicted molar refractivity (Wildman–Crippen MR) is 106 cm³/mol. The van der Waals surface area contributed by atoms with Gasteiger partial charge < -0.3 is 9.84 Å². The van der Waals surface area contributed by atoms with E-state index in [1.165, 1.54) is 0 Å². The quantitative estimate of drug-likeness (QED) is 0.813. The Kier molecular flexibility index (Phi) is 4.75. The number of piperidine rings is 1. The standard InChI is InChI=1S/C23H25NO3/c1-15-8-10-24(11-9-15)14-19-20(25)7-6-18-22(26)21(27-23(18)19)13-17-5-3-4-16(2)12-17/h3-7,12-13,15,25H,8-11,14H2,1-2H3/b21-13-. The molecular formula is C23H25NO3. The highest BCUT2D eigenvalue weighted by atomic mass is 16.5. The Hall–Kier alpha value is -2.59. The molecule has 0 unspecified atom stereocenters. The van der Waals surface area contributed by atoms with Crippen LogP contribution in [0.3, 0.4) is 0 Å². The van der Waals surface area contributed by atoms with E-state index < -0.39 is 0 Å². The van der Waals surface area contributed by atoms with Crippen molar-refractivity contribution in [2.45, 2.75) is 33.2 Å². The molecule has 0 aliphatic carbocycles. The Bertz CT molecular complexity index is 908. The van der Waals surface area contributed by atoms with E-state index in [4.69, 9.17) is 4.74 Å². The number of ether oxygens (including phenoxy) is 1. The maximum absolute atomic E-state index is 12.8. The van der Waals surface area contributed by atoms with Crippen LogP contribution >= 0.6 is 0 Å². The Morgan fingerprint density at radius 2 is 2.00 bits per heavy atom. The maximum Gasteiger partial charge on any atom is 0.231 e. The number of carbonyl (C=O) groups excluding carboxylic acids is 1. The van der Waals surface area contributed by atoms with Crippen LogP contribution in [0.2, 0.25) is 0 Å². The minimum Gasteiger partial charge on any atom is -0.507 e. The number of nitrogens with zero attached hydrogens (tertiary/aromatic N) is 1. The highest BCUT2D eigenvalue weighted by Gasteiger charge is 2.32. The molecule has 2 aromatic rings. The third-order valence-electron chi connectivity index (χ3n) is 5.51. The number of carbonyl (C=O) groups is 1. The molecule has 0 atom stereocenters. The van der Waals surface area contributed by atoms with Crippen LogP contribution < -0.4 is 4.74 Å². The van der Waals surface area contributed by atoms with E-state index in [1.807, 2.05) is 31.2 Å². The maximum atomic E-state index is 12.8. The number of fused-ring (bicyclic) bond motifs is 1. The van der Waals surface area contributed by atoms with E-state index in [-0.39, 0.29) is 11.5 Å². The van der Waals surface area contributed by atoms with Crippen molar-refractivity contribution in [3.8, 4) is 11.5 Å². The van der Waals surface area contributed by atoms with Crippen LogP contribution in [0.4, 0.5) is 0 Å². The lowest BCUT2D eigenvalue weighted by Gasteiger charge is -2.30. The molecule has 27 heavy (non-hydrogen) atoms. The normalized spacial score (nSPS) is 19.3. The predicted octanol–water partition coefficient (Wildman–Crippen LogP) is 4.55. The monoisotopic (exact) mass is 363 g/mol. The summed E-state index contributed by atoms with van der Waals surface area (Å²) in [4.78, 5) is 15.1. The van der Waals surface area contributed by atoms with Gasteiger partial charge in [0.1, 0.15) is 11.5 Å². The fraction of sp³-hybridized carbons (Fsp3) is 0.348. The number of aromatic hydroxyl groups is 1. The molecule has 4 rings (SSSR count). The summed E-state index contributed by atoms with van der Waals surface area (Å²) < 4.78 is 5.96. The Balaban J connectivity index is 1.63. The number of phenolic OH excluding ortho intramolecular Hbond substituents is 1. The second kappa shape index (κ2) is 7.20. The van der Waals surface area contributed by atoms with Gasteiger partial charge in [0.15, 0.2) is 5.76 Å². The molecule has 4 heteroatoms. The molecule has 0 bridgehead atoms. The average molecular weight is 363 g/mol. The second-order valence-corrected chi connectivity index (χ2v) is 7.75. The van der Waals surface area contributed by atoms with E-state index >= 15 is 0 Å². The SMILES string of the molecule is Cc1cccc(/C=C2\Oc3c(ccc(O)c3CN3CCC(C)CC3)C2=O)c1. The molecule has 2 heterocycles. The van der Waals surface area contributed by atoms with E-state index in [0.717, 1.165) is 43.0 Å². The fourth-order valence-corrected chi connectivity index (χ4v) is 3.80. The van der Waals surface area contributed by atoms with Gasteiger partial charge in [0, 0.05) is 6.54 Å².